The Hall–Kier alpha value is -0.790. The van der Waals surface area contributed by atoms with Gasteiger partial charge in [-0.1, -0.05) is 194 Å². The fourth-order valence-electron chi connectivity index (χ4n) is 6.71. The molecule has 1 aromatic rings. The molecule has 2 nitrogen and oxygen atoms in total. The Labute approximate surface area is 259 Å². The van der Waals surface area contributed by atoms with E-state index in [1.54, 1.807) is 0 Å². The average molecular weight is 573 g/mol. The fraction of sp³-hybridized carbons (Fsp3) is 0.923. The molecule has 0 saturated carbocycles. The van der Waals surface area contributed by atoms with Crippen LogP contribution < -0.4 is 0 Å². The maximum Gasteiger partial charge on any atom is 0.111 e. The highest BCUT2D eigenvalue weighted by atomic mass is 15.1. The Balaban J connectivity index is 2.35. The summed E-state index contributed by atoms with van der Waals surface area (Å²) in [6, 6.07) is 0.589. The van der Waals surface area contributed by atoms with Crippen LogP contribution in [-0.2, 0) is 0 Å². The van der Waals surface area contributed by atoms with E-state index in [1.165, 1.54) is 198 Å². The first kappa shape index (κ1) is 38.2. The van der Waals surface area contributed by atoms with Gasteiger partial charge in [0.2, 0.25) is 0 Å². The van der Waals surface area contributed by atoms with E-state index in [0.717, 1.165) is 0 Å². The Morgan fingerprint density at radius 1 is 0.463 bits per heavy atom. The van der Waals surface area contributed by atoms with Crippen LogP contribution in [0.25, 0.3) is 0 Å². The molecule has 0 aliphatic carbocycles. The predicted octanol–water partition coefficient (Wildman–Crippen LogP) is 14.3. The lowest BCUT2D eigenvalue weighted by Crippen LogP contribution is -2.13. The minimum Gasteiger partial charge on any atom is -0.332 e. The van der Waals surface area contributed by atoms with E-state index in [4.69, 9.17) is 4.98 Å². The summed E-state index contributed by atoms with van der Waals surface area (Å²) in [6.07, 6.45) is 46.7. The lowest BCUT2D eigenvalue weighted by atomic mass is 9.93. The van der Waals surface area contributed by atoms with Crippen LogP contribution in [0.4, 0.5) is 0 Å². The molecule has 242 valence electrons. The molecular weight excluding hydrogens is 496 g/mol. The first-order valence-corrected chi connectivity index (χ1v) is 19.3. The smallest absolute Gasteiger partial charge is 0.111 e. The van der Waals surface area contributed by atoms with Gasteiger partial charge in [-0.25, -0.2) is 4.98 Å². The van der Waals surface area contributed by atoms with E-state index in [2.05, 4.69) is 44.7 Å². The molecule has 0 aliphatic rings. The van der Waals surface area contributed by atoms with E-state index in [0.29, 0.717) is 12.0 Å². The lowest BCUT2D eigenvalue weighted by molar-refractivity contribution is 0.412. The van der Waals surface area contributed by atoms with E-state index >= 15 is 0 Å². The third-order valence-corrected chi connectivity index (χ3v) is 9.58. The molecule has 0 N–H and O–H groups in total. The van der Waals surface area contributed by atoms with Crippen LogP contribution >= 0.6 is 0 Å². The topological polar surface area (TPSA) is 17.8 Å². The van der Waals surface area contributed by atoms with Crippen molar-refractivity contribution in [1.29, 1.82) is 0 Å². The third-order valence-electron chi connectivity index (χ3n) is 9.58. The van der Waals surface area contributed by atoms with Gasteiger partial charge in [-0.2, -0.15) is 0 Å². The molecule has 0 aliphatic heterocycles. The first-order valence-electron chi connectivity index (χ1n) is 19.3. The van der Waals surface area contributed by atoms with Crippen molar-refractivity contribution in [3.05, 3.63) is 18.2 Å². The number of rotatable bonds is 32. The van der Waals surface area contributed by atoms with E-state index in [1.807, 2.05) is 0 Å². The van der Waals surface area contributed by atoms with Gasteiger partial charge in [-0.15, -0.1) is 0 Å². The largest absolute Gasteiger partial charge is 0.332 e. The van der Waals surface area contributed by atoms with Crippen molar-refractivity contribution >= 4 is 0 Å². The summed E-state index contributed by atoms with van der Waals surface area (Å²) in [7, 11) is 0. The molecule has 0 amide bonds. The summed E-state index contributed by atoms with van der Waals surface area (Å²) in [5.74, 6) is 2.06. The zero-order valence-corrected chi connectivity index (χ0v) is 28.9. The van der Waals surface area contributed by atoms with E-state index < -0.39 is 0 Å². The molecule has 0 saturated heterocycles. The van der Waals surface area contributed by atoms with Crippen molar-refractivity contribution < 1.29 is 0 Å². The highest BCUT2D eigenvalue weighted by molar-refractivity contribution is 5.02. The maximum atomic E-state index is 4.99. The number of imidazole rings is 1. The van der Waals surface area contributed by atoms with Gasteiger partial charge in [0, 0.05) is 24.4 Å². The standard InChI is InChI=1S/C39H76N2/c1-5-8-11-14-16-18-19-20-21-23-25-28-31-34-38(33-30-26-13-10-7-3)39-40-35-36-41(39)37(4)32-29-27-24-22-17-15-12-9-6-2/h35-38H,5-34H2,1-4H3. The molecule has 0 radical (unpaired) electrons. The zero-order valence-electron chi connectivity index (χ0n) is 28.9. The van der Waals surface area contributed by atoms with Crippen LogP contribution in [0.15, 0.2) is 12.4 Å². The molecule has 0 fully saturated rings. The highest BCUT2D eigenvalue weighted by Crippen LogP contribution is 2.30. The van der Waals surface area contributed by atoms with Crippen molar-refractivity contribution in [3.63, 3.8) is 0 Å². The number of aromatic nitrogens is 2. The molecule has 2 atom stereocenters. The van der Waals surface area contributed by atoms with Gasteiger partial charge in [0.15, 0.2) is 0 Å². The monoisotopic (exact) mass is 573 g/mol. The maximum absolute atomic E-state index is 4.99. The third kappa shape index (κ3) is 21.5. The molecule has 1 aromatic heterocycles. The average Bonchev–Trinajstić information content (AvgIpc) is 3.47. The van der Waals surface area contributed by atoms with Gasteiger partial charge >= 0.3 is 0 Å². The molecule has 0 spiro atoms. The molecule has 2 unspecified atom stereocenters. The number of nitrogens with zero attached hydrogens (tertiary/aromatic N) is 2. The zero-order chi connectivity index (χ0) is 29.6. The van der Waals surface area contributed by atoms with Crippen LogP contribution in [-0.4, -0.2) is 9.55 Å². The molecule has 0 aromatic carbocycles. The summed E-state index contributed by atoms with van der Waals surface area (Å²) in [5.41, 5.74) is 0. The number of hydrogen-bond acceptors (Lipinski definition) is 1. The molecule has 41 heavy (non-hydrogen) atoms. The summed E-state index contributed by atoms with van der Waals surface area (Å²) in [4.78, 5) is 4.99. The van der Waals surface area contributed by atoms with Crippen molar-refractivity contribution in [1.82, 2.24) is 9.55 Å². The van der Waals surface area contributed by atoms with E-state index in [9.17, 15) is 0 Å². The van der Waals surface area contributed by atoms with Crippen molar-refractivity contribution in [3.8, 4) is 0 Å². The summed E-state index contributed by atoms with van der Waals surface area (Å²) in [6.45, 7) is 9.38. The number of unbranched alkanes of at least 4 members (excludes halogenated alkanes) is 24. The normalized spacial score (nSPS) is 13.2. The van der Waals surface area contributed by atoms with Crippen molar-refractivity contribution in [2.24, 2.45) is 0 Å². The fourth-order valence-corrected chi connectivity index (χ4v) is 6.71. The van der Waals surface area contributed by atoms with Gasteiger partial charge in [0.05, 0.1) is 0 Å². The second kappa shape index (κ2) is 29.3. The van der Waals surface area contributed by atoms with Crippen molar-refractivity contribution in [2.45, 2.75) is 232 Å². The lowest BCUT2D eigenvalue weighted by Gasteiger charge is -2.22. The van der Waals surface area contributed by atoms with Crippen LogP contribution in [0.2, 0.25) is 0 Å². The Bertz CT molecular complexity index is 635. The highest BCUT2D eigenvalue weighted by Gasteiger charge is 2.19. The molecule has 2 heteroatoms. The first-order chi connectivity index (χ1) is 20.2. The minimum atomic E-state index is 0.589. The van der Waals surface area contributed by atoms with Gasteiger partial charge in [-0.3, -0.25) is 0 Å². The molecule has 0 bridgehead atoms. The van der Waals surface area contributed by atoms with Crippen LogP contribution in [0, 0.1) is 0 Å². The Kier molecular flexibility index (Phi) is 27.3. The van der Waals surface area contributed by atoms with Crippen LogP contribution in [0.3, 0.4) is 0 Å². The quantitative estimate of drug-likeness (QED) is 0.0785. The van der Waals surface area contributed by atoms with Crippen LogP contribution in [0.5, 0.6) is 0 Å². The molecule has 1 heterocycles. The van der Waals surface area contributed by atoms with Gasteiger partial charge < -0.3 is 4.57 Å². The van der Waals surface area contributed by atoms with Gasteiger partial charge in [-0.05, 0) is 26.2 Å². The Morgan fingerprint density at radius 3 is 1.15 bits per heavy atom. The molecular formula is C39H76N2. The van der Waals surface area contributed by atoms with Gasteiger partial charge in [0.1, 0.15) is 5.82 Å². The summed E-state index contributed by atoms with van der Waals surface area (Å²) < 4.78 is 2.57. The second-order valence-electron chi connectivity index (χ2n) is 13.6. The summed E-state index contributed by atoms with van der Waals surface area (Å²) in [5, 5.41) is 0. The number of hydrogen-bond donors (Lipinski definition) is 0. The molecule has 1 rings (SSSR count). The predicted molar refractivity (Wildman–Crippen MR) is 185 cm³/mol. The van der Waals surface area contributed by atoms with Crippen molar-refractivity contribution in [2.75, 3.05) is 0 Å². The second-order valence-corrected chi connectivity index (χ2v) is 13.6. The minimum absolute atomic E-state index is 0.589. The van der Waals surface area contributed by atoms with Gasteiger partial charge in [0.25, 0.3) is 0 Å². The summed E-state index contributed by atoms with van der Waals surface area (Å²) >= 11 is 0. The van der Waals surface area contributed by atoms with E-state index in [-0.39, 0.29) is 0 Å². The SMILES string of the molecule is CCCCCCCCCCCCCCCC(CCCCCCC)c1nccn1C(C)CCCCCCCCCCC. The Morgan fingerprint density at radius 2 is 0.780 bits per heavy atom. The van der Waals surface area contributed by atoms with Crippen LogP contribution in [0.1, 0.15) is 238 Å².